The Morgan fingerprint density at radius 3 is 2.79 bits per heavy atom. The minimum atomic E-state index is -0.584. The van der Waals surface area contributed by atoms with Crippen LogP contribution in [0.3, 0.4) is 0 Å². The normalized spacial score (nSPS) is 10.5. The van der Waals surface area contributed by atoms with Gasteiger partial charge in [-0.1, -0.05) is 0 Å². The number of hydrogen-bond acceptors (Lipinski definition) is 4. The van der Waals surface area contributed by atoms with E-state index in [4.69, 9.17) is 10.5 Å². The summed E-state index contributed by atoms with van der Waals surface area (Å²) in [6.07, 6.45) is 0.650. The molecular weight excluding hydrogens is 251 g/mol. The Labute approximate surface area is 111 Å². The third kappa shape index (κ3) is 4.50. The van der Waals surface area contributed by atoms with Gasteiger partial charge in [0.15, 0.2) is 0 Å². The zero-order valence-corrected chi connectivity index (χ0v) is 10.9. The van der Waals surface area contributed by atoms with Crippen molar-refractivity contribution in [2.75, 3.05) is 33.4 Å². The molecule has 0 aliphatic carbocycles. The maximum atomic E-state index is 12.9. The Bertz CT molecular complexity index is 418. The first kappa shape index (κ1) is 15.4. The first-order chi connectivity index (χ1) is 9.10. The molecular formula is C13H19FN2O3. The highest BCUT2D eigenvalue weighted by molar-refractivity contribution is 5.96. The predicted molar refractivity (Wildman–Crippen MR) is 69.5 cm³/mol. The molecule has 0 radical (unpaired) electrons. The molecule has 0 aromatic heterocycles. The highest BCUT2D eigenvalue weighted by atomic mass is 19.1. The van der Waals surface area contributed by atoms with E-state index in [1.54, 1.807) is 7.11 Å². The zero-order chi connectivity index (χ0) is 14.3. The smallest absolute Gasteiger partial charge is 0.257 e. The first-order valence-corrected chi connectivity index (χ1v) is 6.07. The molecule has 1 rings (SSSR count). The second-order valence-electron chi connectivity index (χ2n) is 4.09. The summed E-state index contributed by atoms with van der Waals surface area (Å²) in [5, 5.41) is 9.62. The van der Waals surface area contributed by atoms with Gasteiger partial charge < -0.3 is 20.5 Å². The van der Waals surface area contributed by atoms with Gasteiger partial charge >= 0.3 is 0 Å². The van der Waals surface area contributed by atoms with Crippen LogP contribution < -0.4 is 5.73 Å². The molecule has 0 saturated heterocycles. The number of halogens is 1. The van der Waals surface area contributed by atoms with Crippen LogP contribution in [0.15, 0.2) is 18.2 Å². The molecule has 0 spiro atoms. The number of phenols is 1. The number of methoxy groups -OCH3 is 1. The summed E-state index contributed by atoms with van der Waals surface area (Å²) in [5.74, 6) is -1.30. The van der Waals surface area contributed by atoms with Crippen LogP contribution in [-0.2, 0) is 4.74 Å². The summed E-state index contributed by atoms with van der Waals surface area (Å²) in [6.45, 7) is 1.71. The van der Waals surface area contributed by atoms with Crippen molar-refractivity contribution < 1.29 is 19.0 Å². The lowest BCUT2D eigenvalue weighted by atomic mass is 10.1. The summed E-state index contributed by atoms with van der Waals surface area (Å²) >= 11 is 0. The molecule has 0 saturated carbocycles. The molecule has 0 aliphatic heterocycles. The van der Waals surface area contributed by atoms with Gasteiger partial charge in [0.25, 0.3) is 5.91 Å². The summed E-state index contributed by atoms with van der Waals surface area (Å²) in [6, 6.07) is 3.34. The second-order valence-corrected chi connectivity index (χ2v) is 4.09. The fraction of sp³-hybridized carbons (Fsp3) is 0.462. The average Bonchev–Trinajstić information content (AvgIpc) is 2.38. The number of rotatable bonds is 7. The standard InChI is InChI=1S/C13H19FN2O3/c1-19-8-7-16(6-2-5-15)13(18)11-4-3-10(14)9-12(11)17/h3-4,9,17H,2,5-8,15H2,1H3. The molecule has 19 heavy (non-hydrogen) atoms. The van der Waals surface area contributed by atoms with Gasteiger partial charge in [-0.25, -0.2) is 4.39 Å². The highest BCUT2D eigenvalue weighted by Crippen LogP contribution is 2.20. The van der Waals surface area contributed by atoms with E-state index in [9.17, 15) is 14.3 Å². The van der Waals surface area contributed by atoms with Gasteiger partial charge in [0, 0.05) is 26.3 Å². The summed E-state index contributed by atoms with van der Waals surface area (Å²) < 4.78 is 17.8. The Kier molecular flexibility index (Phi) is 6.24. The number of ether oxygens (including phenoxy) is 1. The number of aromatic hydroxyl groups is 1. The van der Waals surface area contributed by atoms with Crippen LogP contribution in [0, 0.1) is 5.82 Å². The molecule has 3 N–H and O–H groups in total. The SMILES string of the molecule is COCCN(CCCN)C(=O)c1ccc(F)cc1O. The van der Waals surface area contributed by atoms with Crippen LogP contribution >= 0.6 is 0 Å². The maximum Gasteiger partial charge on any atom is 0.257 e. The van der Waals surface area contributed by atoms with Crippen LogP contribution in [-0.4, -0.2) is 49.3 Å². The van der Waals surface area contributed by atoms with Crippen molar-refractivity contribution in [2.24, 2.45) is 5.73 Å². The largest absolute Gasteiger partial charge is 0.507 e. The Balaban J connectivity index is 2.84. The maximum absolute atomic E-state index is 12.9. The third-order valence-corrected chi connectivity index (χ3v) is 2.67. The minimum Gasteiger partial charge on any atom is -0.507 e. The number of benzene rings is 1. The summed E-state index contributed by atoms with van der Waals surface area (Å²) in [5.41, 5.74) is 5.50. The van der Waals surface area contributed by atoms with Crippen LogP contribution in [0.2, 0.25) is 0 Å². The fourth-order valence-electron chi connectivity index (χ4n) is 1.65. The zero-order valence-electron chi connectivity index (χ0n) is 10.9. The number of nitrogens with two attached hydrogens (primary N) is 1. The van der Waals surface area contributed by atoms with Crippen molar-refractivity contribution in [3.63, 3.8) is 0 Å². The lowest BCUT2D eigenvalue weighted by molar-refractivity contribution is 0.0691. The van der Waals surface area contributed by atoms with Crippen LogP contribution in [0.4, 0.5) is 4.39 Å². The van der Waals surface area contributed by atoms with E-state index in [0.717, 1.165) is 12.1 Å². The van der Waals surface area contributed by atoms with Gasteiger partial charge in [-0.15, -0.1) is 0 Å². The van der Waals surface area contributed by atoms with Crippen molar-refractivity contribution in [1.29, 1.82) is 0 Å². The quantitative estimate of drug-likeness (QED) is 0.774. The van der Waals surface area contributed by atoms with Gasteiger partial charge in [0.2, 0.25) is 0 Å². The van der Waals surface area contributed by atoms with Crippen molar-refractivity contribution in [1.82, 2.24) is 4.90 Å². The molecule has 5 nitrogen and oxygen atoms in total. The van der Waals surface area contributed by atoms with E-state index < -0.39 is 5.82 Å². The molecule has 1 aromatic carbocycles. The van der Waals surface area contributed by atoms with Gasteiger partial charge in [-0.05, 0) is 25.1 Å². The number of hydrogen-bond donors (Lipinski definition) is 2. The molecule has 0 heterocycles. The molecule has 106 valence electrons. The molecule has 0 bridgehead atoms. The van der Waals surface area contributed by atoms with Crippen molar-refractivity contribution in [3.8, 4) is 5.75 Å². The second kappa shape index (κ2) is 7.70. The van der Waals surface area contributed by atoms with Crippen molar-refractivity contribution in [3.05, 3.63) is 29.6 Å². The number of carbonyl (C=O) groups is 1. The van der Waals surface area contributed by atoms with Crippen LogP contribution in [0.1, 0.15) is 16.8 Å². The average molecular weight is 270 g/mol. The third-order valence-electron chi connectivity index (χ3n) is 2.67. The van der Waals surface area contributed by atoms with Crippen LogP contribution in [0.5, 0.6) is 5.75 Å². The number of phenolic OH excluding ortho intramolecular Hbond substituents is 1. The topological polar surface area (TPSA) is 75.8 Å². The lowest BCUT2D eigenvalue weighted by Gasteiger charge is -2.22. The first-order valence-electron chi connectivity index (χ1n) is 6.07. The lowest BCUT2D eigenvalue weighted by Crippen LogP contribution is -2.35. The van der Waals surface area contributed by atoms with Gasteiger partial charge in [0.1, 0.15) is 11.6 Å². The molecule has 0 aliphatic rings. The van der Waals surface area contributed by atoms with E-state index in [0.29, 0.717) is 32.7 Å². The molecule has 0 atom stereocenters. The van der Waals surface area contributed by atoms with E-state index in [-0.39, 0.29) is 17.2 Å². The molecule has 0 unspecified atom stereocenters. The van der Waals surface area contributed by atoms with Crippen molar-refractivity contribution >= 4 is 5.91 Å². The number of amides is 1. The van der Waals surface area contributed by atoms with E-state index in [2.05, 4.69) is 0 Å². The van der Waals surface area contributed by atoms with Gasteiger partial charge in [0.05, 0.1) is 12.2 Å². The van der Waals surface area contributed by atoms with E-state index >= 15 is 0 Å². The number of nitrogens with zero attached hydrogens (tertiary/aromatic N) is 1. The monoisotopic (exact) mass is 270 g/mol. The molecule has 6 heteroatoms. The molecule has 1 aromatic rings. The van der Waals surface area contributed by atoms with Gasteiger partial charge in [-0.3, -0.25) is 4.79 Å². The Morgan fingerprint density at radius 2 is 2.21 bits per heavy atom. The number of carbonyl (C=O) groups excluding carboxylic acids is 1. The van der Waals surface area contributed by atoms with Crippen molar-refractivity contribution in [2.45, 2.75) is 6.42 Å². The van der Waals surface area contributed by atoms with Gasteiger partial charge in [-0.2, -0.15) is 0 Å². The summed E-state index contributed by atoms with van der Waals surface area (Å²) in [4.78, 5) is 13.8. The van der Waals surface area contributed by atoms with E-state index in [1.807, 2.05) is 0 Å². The van der Waals surface area contributed by atoms with E-state index in [1.165, 1.54) is 11.0 Å². The predicted octanol–water partition coefficient (Wildman–Crippen LogP) is 0.969. The molecule has 1 amide bonds. The minimum absolute atomic E-state index is 0.0783. The Hall–Kier alpha value is -1.66. The summed E-state index contributed by atoms with van der Waals surface area (Å²) in [7, 11) is 1.54. The highest BCUT2D eigenvalue weighted by Gasteiger charge is 2.18. The van der Waals surface area contributed by atoms with Crippen LogP contribution in [0.25, 0.3) is 0 Å². The fourth-order valence-corrected chi connectivity index (χ4v) is 1.65. The molecule has 0 fully saturated rings. The Morgan fingerprint density at radius 1 is 1.47 bits per heavy atom.